The molecule has 0 aliphatic carbocycles. The Morgan fingerprint density at radius 2 is 2.29 bits per heavy atom. The first-order chi connectivity index (χ1) is 6.72. The van der Waals surface area contributed by atoms with E-state index >= 15 is 0 Å². The Balaban J connectivity index is 2.83. The molecular weight excluding hydrogens is 196 g/mol. The molecular formula is C10H18N2OS. The highest BCUT2D eigenvalue weighted by Gasteiger charge is 2.14. The molecule has 80 valence electrons. The minimum Gasteiger partial charge on any atom is -0.374 e. The van der Waals surface area contributed by atoms with Gasteiger partial charge in [0.1, 0.15) is 11.1 Å². The SMILES string of the molecule is CCC(OC)c1nc(C)c(CNC)s1. The van der Waals surface area contributed by atoms with Gasteiger partial charge in [-0.25, -0.2) is 4.98 Å². The molecule has 1 unspecified atom stereocenters. The molecule has 1 atom stereocenters. The molecule has 4 heteroatoms. The third-order valence-corrected chi connectivity index (χ3v) is 3.43. The van der Waals surface area contributed by atoms with Crippen LogP contribution in [0.5, 0.6) is 0 Å². The van der Waals surface area contributed by atoms with Gasteiger partial charge in [0.2, 0.25) is 0 Å². The van der Waals surface area contributed by atoms with Gasteiger partial charge in [-0.2, -0.15) is 0 Å². The quantitative estimate of drug-likeness (QED) is 0.816. The van der Waals surface area contributed by atoms with Gasteiger partial charge >= 0.3 is 0 Å². The molecule has 1 aromatic rings. The second kappa shape index (κ2) is 5.44. The Kier molecular flexibility index (Phi) is 4.51. The zero-order chi connectivity index (χ0) is 10.6. The Labute approximate surface area is 89.5 Å². The largest absolute Gasteiger partial charge is 0.374 e. The van der Waals surface area contributed by atoms with E-state index in [4.69, 9.17) is 4.74 Å². The van der Waals surface area contributed by atoms with E-state index in [1.54, 1.807) is 18.4 Å². The molecule has 1 N–H and O–H groups in total. The van der Waals surface area contributed by atoms with Gasteiger partial charge in [-0.1, -0.05) is 6.92 Å². The van der Waals surface area contributed by atoms with Crippen LogP contribution < -0.4 is 5.32 Å². The van der Waals surface area contributed by atoms with E-state index < -0.39 is 0 Å². The molecule has 0 aliphatic heterocycles. The molecule has 0 radical (unpaired) electrons. The van der Waals surface area contributed by atoms with Gasteiger partial charge in [-0.3, -0.25) is 0 Å². The summed E-state index contributed by atoms with van der Waals surface area (Å²) in [5.74, 6) is 0. The number of rotatable bonds is 5. The average molecular weight is 214 g/mol. The Morgan fingerprint density at radius 1 is 1.57 bits per heavy atom. The van der Waals surface area contributed by atoms with Crippen molar-refractivity contribution in [2.45, 2.75) is 32.9 Å². The van der Waals surface area contributed by atoms with E-state index in [9.17, 15) is 0 Å². The fourth-order valence-corrected chi connectivity index (χ4v) is 2.59. The molecule has 1 rings (SSSR count). The summed E-state index contributed by atoms with van der Waals surface area (Å²) in [5.41, 5.74) is 1.12. The number of hydrogen-bond donors (Lipinski definition) is 1. The number of nitrogens with zero attached hydrogens (tertiary/aromatic N) is 1. The number of hydrogen-bond acceptors (Lipinski definition) is 4. The van der Waals surface area contributed by atoms with E-state index in [1.165, 1.54) is 4.88 Å². The lowest BCUT2D eigenvalue weighted by atomic mass is 10.3. The molecule has 0 spiro atoms. The van der Waals surface area contributed by atoms with Gasteiger partial charge in [0.15, 0.2) is 0 Å². The molecule has 1 heterocycles. The topological polar surface area (TPSA) is 34.1 Å². The van der Waals surface area contributed by atoms with Crippen LogP contribution >= 0.6 is 11.3 Å². The lowest BCUT2D eigenvalue weighted by Gasteiger charge is -2.08. The molecule has 0 bridgehead atoms. The predicted octanol–water partition coefficient (Wildman–Crippen LogP) is 2.27. The average Bonchev–Trinajstić information content (AvgIpc) is 2.51. The number of aromatic nitrogens is 1. The van der Waals surface area contributed by atoms with E-state index in [0.717, 1.165) is 23.7 Å². The number of thiazole rings is 1. The van der Waals surface area contributed by atoms with Crippen LogP contribution in [0, 0.1) is 6.92 Å². The van der Waals surface area contributed by atoms with Crippen molar-refractivity contribution in [3.63, 3.8) is 0 Å². The van der Waals surface area contributed by atoms with Crippen LogP contribution in [0.4, 0.5) is 0 Å². The number of ether oxygens (including phenoxy) is 1. The lowest BCUT2D eigenvalue weighted by molar-refractivity contribution is 0.0997. The summed E-state index contributed by atoms with van der Waals surface area (Å²) in [7, 11) is 3.69. The predicted molar refractivity (Wildman–Crippen MR) is 59.7 cm³/mol. The van der Waals surface area contributed by atoms with E-state index in [0.29, 0.717) is 0 Å². The second-order valence-electron chi connectivity index (χ2n) is 3.22. The van der Waals surface area contributed by atoms with Crippen molar-refractivity contribution in [2.24, 2.45) is 0 Å². The molecule has 0 amide bonds. The first-order valence-corrected chi connectivity index (χ1v) is 5.68. The van der Waals surface area contributed by atoms with Gasteiger partial charge < -0.3 is 10.1 Å². The Bertz CT molecular complexity index is 282. The Hall–Kier alpha value is -0.450. The number of nitrogens with one attached hydrogen (secondary N) is 1. The minimum absolute atomic E-state index is 0.157. The molecule has 0 aromatic carbocycles. The van der Waals surface area contributed by atoms with Crippen molar-refractivity contribution in [2.75, 3.05) is 14.2 Å². The first kappa shape index (κ1) is 11.6. The smallest absolute Gasteiger partial charge is 0.122 e. The highest BCUT2D eigenvalue weighted by atomic mass is 32.1. The van der Waals surface area contributed by atoms with Crippen molar-refractivity contribution in [1.82, 2.24) is 10.3 Å². The third kappa shape index (κ3) is 2.53. The van der Waals surface area contributed by atoms with Crippen LogP contribution in [0.1, 0.15) is 35.0 Å². The molecule has 0 saturated carbocycles. The van der Waals surface area contributed by atoms with E-state index in [2.05, 4.69) is 24.1 Å². The van der Waals surface area contributed by atoms with Crippen molar-refractivity contribution >= 4 is 11.3 Å². The van der Waals surface area contributed by atoms with Gasteiger partial charge in [0, 0.05) is 18.5 Å². The van der Waals surface area contributed by atoms with Crippen LogP contribution in [0.3, 0.4) is 0 Å². The molecule has 1 aromatic heterocycles. The zero-order valence-corrected chi connectivity index (χ0v) is 10.1. The maximum Gasteiger partial charge on any atom is 0.122 e. The summed E-state index contributed by atoms with van der Waals surface area (Å²) in [6.45, 7) is 5.06. The van der Waals surface area contributed by atoms with Crippen LogP contribution in [0.15, 0.2) is 0 Å². The lowest BCUT2D eigenvalue weighted by Crippen LogP contribution is -2.04. The molecule has 3 nitrogen and oxygen atoms in total. The molecule has 14 heavy (non-hydrogen) atoms. The number of methoxy groups -OCH3 is 1. The first-order valence-electron chi connectivity index (χ1n) is 4.86. The number of aryl methyl sites for hydroxylation is 1. The van der Waals surface area contributed by atoms with Crippen LogP contribution in [0.2, 0.25) is 0 Å². The van der Waals surface area contributed by atoms with Gasteiger partial charge in [0.05, 0.1) is 5.69 Å². The summed E-state index contributed by atoms with van der Waals surface area (Å²) in [4.78, 5) is 5.83. The second-order valence-corrected chi connectivity index (χ2v) is 4.34. The minimum atomic E-state index is 0.157. The highest BCUT2D eigenvalue weighted by Crippen LogP contribution is 2.27. The van der Waals surface area contributed by atoms with Crippen LogP contribution in [0.25, 0.3) is 0 Å². The monoisotopic (exact) mass is 214 g/mol. The molecule has 0 fully saturated rings. The summed E-state index contributed by atoms with van der Waals surface area (Å²) < 4.78 is 5.36. The summed E-state index contributed by atoms with van der Waals surface area (Å²) in [5, 5.41) is 4.24. The van der Waals surface area contributed by atoms with Crippen LogP contribution in [-0.2, 0) is 11.3 Å². The zero-order valence-electron chi connectivity index (χ0n) is 9.26. The van der Waals surface area contributed by atoms with E-state index in [-0.39, 0.29) is 6.10 Å². The maximum atomic E-state index is 5.36. The summed E-state index contributed by atoms with van der Waals surface area (Å²) in [6, 6.07) is 0. The standard InChI is InChI=1S/C10H18N2OS/c1-5-8(13-4)10-12-7(2)9(14-10)6-11-3/h8,11H,5-6H2,1-4H3. The van der Waals surface area contributed by atoms with Crippen molar-refractivity contribution in [3.05, 3.63) is 15.6 Å². The van der Waals surface area contributed by atoms with Crippen LogP contribution in [-0.4, -0.2) is 19.1 Å². The Morgan fingerprint density at radius 3 is 2.79 bits per heavy atom. The fraction of sp³-hybridized carbons (Fsp3) is 0.700. The van der Waals surface area contributed by atoms with Crippen molar-refractivity contribution in [3.8, 4) is 0 Å². The van der Waals surface area contributed by atoms with Crippen molar-refractivity contribution in [1.29, 1.82) is 0 Å². The van der Waals surface area contributed by atoms with Gasteiger partial charge in [-0.15, -0.1) is 11.3 Å². The molecule has 0 aliphatic rings. The normalized spacial score (nSPS) is 13.1. The maximum absolute atomic E-state index is 5.36. The third-order valence-electron chi connectivity index (χ3n) is 2.18. The summed E-state index contributed by atoms with van der Waals surface area (Å²) in [6.07, 6.45) is 1.13. The van der Waals surface area contributed by atoms with E-state index in [1.807, 2.05) is 7.05 Å². The summed E-state index contributed by atoms with van der Waals surface area (Å²) >= 11 is 1.74. The highest BCUT2D eigenvalue weighted by molar-refractivity contribution is 7.11. The fourth-order valence-electron chi connectivity index (χ4n) is 1.35. The van der Waals surface area contributed by atoms with Gasteiger partial charge in [-0.05, 0) is 20.4 Å². The molecule has 0 saturated heterocycles. The van der Waals surface area contributed by atoms with Crippen molar-refractivity contribution < 1.29 is 4.74 Å². The van der Waals surface area contributed by atoms with Gasteiger partial charge in [0.25, 0.3) is 0 Å².